The third-order valence-corrected chi connectivity index (χ3v) is 13.2. The number of ether oxygens (including phenoxy) is 4. The van der Waals surface area contributed by atoms with Crippen LogP contribution >= 0.6 is 19.9 Å². The highest BCUT2D eigenvalue weighted by molar-refractivity contribution is 7.44. The van der Waals surface area contributed by atoms with Crippen molar-refractivity contribution >= 4 is 40.3 Å². The molecule has 1 saturated heterocycles. The number of nitriles is 1. The number of aryl methyl sites for hydroxylation is 2. The average molecular weight is 792 g/mol. The first-order chi connectivity index (χ1) is 27.2. The van der Waals surface area contributed by atoms with E-state index in [0.717, 1.165) is 59.9 Å². The number of thiophene rings is 1. The normalized spacial score (nSPS) is 18.2. The summed E-state index contributed by atoms with van der Waals surface area (Å²) in [6.07, 6.45) is 0.885. The molecule has 290 valence electrons. The lowest BCUT2D eigenvalue weighted by Gasteiger charge is -2.44. The second kappa shape index (κ2) is 17.2. The molecule has 3 aromatic heterocycles. The van der Waals surface area contributed by atoms with Crippen LogP contribution in [0.5, 0.6) is 17.4 Å². The summed E-state index contributed by atoms with van der Waals surface area (Å²) in [5, 5.41) is 10.9. The topological polar surface area (TPSA) is 121 Å². The summed E-state index contributed by atoms with van der Waals surface area (Å²) in [6, 6.07) is 30.4. The molecule has 56 heavy (non-hydrogen) atoms. The van der Waals surface area contributed by atoms with E-state index in [1.165, 1.54) is 17.7 Å². The Morgan fingerprint density at radius 3 is 2.18 bits per heavy atom. The number of hydrogen-bond acceptors (Lipinski definition) is 12. The maximum Gasteiger partial charge on any atom is 0.259 e. The molecule has 0 amide bonds. The van der Waals surface area contributed by atoms with Crippen molar-refractivity contribution in [2.24, 2.45) is 5.92 Å². The zero-order valence-corrected chi connectivity index (χ0v) is 34.3. The quantitative estimate of drug-likeness (QED) is 0.0776. The van der Waals surface area contributed by atoms with Gasteiger partial charge in [0.05, 0.1) is 44.9 Å². The number of benzene rings is 3. The molecule has 0 N–H and O–H groups in total. The first-order valence-corrected chi connectivity index (χ1v) is 20.5. The lowest BCUT2D eigenvalue weighted by atomic mass is 9.80. The number of hydrogen-bond donors (Lipinski definition) is 0. The fourth-order valence-corrected chi connectivity index (χ4v) is 10.3. The molecule has 6 aromatic rings. The Labute approximate surface area is 333 Å². The predicted molar refractivity (Wildman–Crippen MR) is 219 cm³/mol. The molecule has 4 unspecified atom stereocenters. The van der Waals surface area contributed by atoms with E-state index in [1.54, 1.807) is 14.2 Å². The fraction of sp³-hybridized carbons (Fsp3) is 0.349. The number of rotatable bonds is 14. The van der Waals surface area contributed by atoms with Crippen molar-refractivity contribution in [1.82, 2.24) is 19.6 Å². The number of pyridine rings is 1. The molecule has 13 heteroatoms. The molecule has 0 radical (unpaired) electrons. The molecule has 4 atom stereocenters. The third kappa shape index (κ3) is 7.81. The smallest absolute Gasteiger partial charge is 0.259 e. The highest BCUT2D eigenvalue weighted by Crippen LogP contribution is 2.52. The van der Waals surface area contributed by atoms with Crippen LogP contribution in [0.3, 0.4) is 0 Å². The summed E-state index contributed by atoms with van der Waals surface area (Å²) in [5.41, 5.74) is 4.46. The van der Waals surface area contributed by atoms with Crippen LogP contribution in [0.25, 0.3) is 20.4 Å². The third-order valence-electron chi connectivity index (χ3n) is 10.1. The number of aromatic nitrogens is 3. The molecule has 1 aliphatic heterocycles. The predicted octanol–water partition coefficient (Wildman–Crippen LogP) is 9.14. The fourth-order valence-electron chi connectivity index (χ4n) is 7.26. The van der Waals surface area contributed by atoms with Crippen LogP contribution in [0.4, 0.5) is 0 Å². The Bertz CT molecular complexity index is 2250. The van der Waals surface area contributed by atoms with Gasteiger partial charge in [-0.05, 0) is 87.2 Å². The minimum Gasteiger partial charge on any atom is -0.497 e. The van der Waals surface area contributed by atoms with E-state index in [-0.39, 0.29) is 37.8 Å². The lowest BCUT2D eigenvalue weighted by molar-refractivity contribution is -0.0487. The summed E-state index contributed by atoms with van der Waals surface area (Å²) in [7, 11) is 1.71. The van der Waals surface area contributed by atoms with Crippen LogP contribution in [0, 0.1) is 31.1 Å². The Morgan fingerprint density at radius 1 is 0.929 bits per heavy atom. The number of methoxy groups -OCH3 is 2. The molecule has 11 nitrogen and oxygen atoms in total. The van der Waals surface area contributed by atoms with E-state index in [0.29, 0.717) is 5.88 Å². The van der Waals surface area contributed by atoms with E-state index in [1.807, 2.05) is 73.7 Å². The van der Waals surface area contributed by atoms with Crippen LogP contribution in [-0.4, -0.2) is 71.9 Å². The molecular weight excluding hydrogens is 746 g/mol. The van der Waals surface area contributed by atoms with Gasteiger partial charge in [-0.1, -0.05) is 54.6 Å². The molecule has 0 bridgehead atoms. The van der Waals surface area contributed by atoms with Gasteiger partial charge < -0.3 is 28.0 Å². The van der Waals surface area contributed by atoms with E-state index >= 15 is 0 Å². The molecule has 1 aliphatic rings. The second-order valence-corrected chi connectivity index (χ2v) is 16.5. The number of fused-ring (bicyclic) bond motifs is 3. The van der Waals surface area contributed by atoms with Gasteiger partial charge in [0.25, 0.3) is 8.53 Å². The van der Waals surface area contributed by atoms with Gasteiger partial charge >= 0.3 is 0 Å². The highest BCUT2D eigenvalue weighted by atomic mass is 32.1. The Hall–Kier alpha value is -4.73. The van der Waals surface area contributed by atoms with Crippen molar-refractivity contribution < 1.29 is 28.0 Å². The maximum atomic E-state index is 9.91. The molecule has 0 saturated carbocycles. The molecule has 1 fully saturated rings. The molecule has 0 spiro atoms. The summed E-state index contributed by atoms with van der Waals surface area (Å²) < 4.78 is 41.3. The summed E-state index contributed by atoms with van der Waals surface area (Å²) in [4.78, 5) is 14.9. The number of nitrogens with zero attached hydrogens (tertiary/aromatic N) is 5. The highest BCUT2D eigenvalue weighted by Gasteiger charge is 2.42. The first-order valence-electron chi connectivity index (χ1n) is 18.6. The van der Waals surface area contributed by atoms with Crippen LogP contribution in [0.1, 0.15) is 48.7 Å². The second-order valence-electron chi connectivity index (χ2n) is 14.1. The van der Waals surface area contributed by atoms with E-state index in [4.69, 9.17) is 33.0 Å². The summed E-state index contributed by atoms with van der Waals surface area (Å²) >= 11 is 1.51. The van der Waals surface area contributed by atoms with Crippen LogP contribution in [-0.2, 0) is 19.4 Å². The monoisotopic (exact) mass is 791 g/mol. The van der Waals surface area contributed by atoms with Crippen molar-refractivity contribution in [3.8, 4) is 23.4 Å². The van der Waals surface area contributed by atoms with Crippen LogP contribution in [0.2, 0.25) is 0 Å². The summed E-state index contributed by atoms with van der Waals surface area (Å²) in [5.74, 6) is 1.62. The standard InChI is InChI=1S/C43H46N5O6PS/c1-27(2)48-30(5)31(22-44)23-53-55(48)54-37(24-51-41-40-39(45-26-46-41)38-28(3)21-29(4)47-42(38)56-40)25-52-43(32-11-9-8-10-12-32,33-13-17-35(49-6)18-14-33)34-15-19-36(50-7)20-16-34/h8-21,26-27,30-31,37H,23-25H2,1-7H3. The van der Waals surface area contributed by atoms with Crippen molar-refractivity contribution in [2.75, 3.05) is 34.0 Å². The van der Waals surface area contributed by atoms with Crippen molar-refractivity contribution in [1.29, 1.82) is 5.26 Å². The molecular formula is C43H46N5O6PS. The minimum atomic E-state index is -1.60. The van der Waals surface area contributed by atoms with Gasteiger partial charge in [-0.15, -0.1) is 11.3 Å². The van der Waals surface area contributed by atoms with E-state index in [9.17, 15) is 5.26 Å². The van der Waals surface area contributed by atoms with Crippen molar-refractivity contribution in [2.45, 2.75) is 58.4 Å². The lowest BCUT2D eigenvalue weighted by Crippen LogP contribution is -2.46. The average Bonchev–Trinajstić information content (AvgIpc) is 3.60. The van der Waals surface area contributed by atoms with E-state index in [2.05, 4.69) is 66.6 Å². The molecule has 7 rings (SSSR count). The zero-order valence-electron chi connectivity index (χ0n) is 32.6. The Balaban J connectivity index is 1.30. The van der Waals surface area contributed by atoms with Crippen molar-refractivity contribution in [3.63, 3.8) is 0 Å². The van der Waals surface area contributed by atoms with Gasteiger partial charge in [0.2, 0.25) is 5.88 Å². The Morgan fingerprint density at radius 2 is 1.57 bits per heavy atom. The maximum absolute atomic E-state index is 9.91. The minimum absolute atomic E-state index is 0.0518. The molecule has 0 aliphatic carbocycles. The van der Waals surface area contributed by atoms with Gasteiger partial charge in [0.15, 0.2) is 0 Å². The molecule has 3 aromatic carbocycles. The zero-order chi connectivity index (χ0) is 39.4. The van der Waals surface area contributed by atoms with E-state index < -0.39 is 20.2 Å². The van der Waals surface area contributed by atoms with Crippen molar-refractivity contribution in [3.05, 3.63) is 119 Å². The summed E-state index contributed by atoms with van der Waals surface area (Å²) in [6.45, 7) is 10.8. The largest absolute Gasteiger partial charge is 0.497 e. The van der Waals surface area contributed by atoms with Crippen LogP contribution in [0.15, 0.2) is 91.3 Å². The molecule has 4 heterocycles. The van der Waals surface area contributed by atoms with Gasteiger partial charge in [-0.25, -0.2) is 19.6 Å². The SMILES string of the molecule is COc1ccc(C(OCC(COc2ncnc3c2sc2nc(C)cc(C)c23)OP2OCC(C#N)C(C)N2C(C)C)(c2ccccc2)c2ccc(OC)cc2)cc1. The van der Waals surface area contributed by atoms with Gasteiger partial charge in [0, 0.05) is 23.2 Å². The van der Waals surface area contributed by atoms with Crippen LogP contribution < -0.4 is 14.2 Å². The Kier molecular flexibility index (Phi) is 12.1. The van der Waals surface area contributed by atoms with Gasteiger partial charge in [-0.3, -0.25) is 0 Å². The van der Waals surface area contributed by atoms with Gasteiger partial charge in [-0.2, -0.15) is 5.26 Å². The first kappa shape index (κ1) is 39.5. The van der Waals surface area contributed by atoms with Gasteiger partial charge in [0.1, 0.15) is 45.7 Å².